The normalized spacial score (nSPS) is 25.4. The molecule has 6 atom stereocenters. The zero-order valence-electron chi connectivity index (χ0n) is 30.1. The smallest absolute Gasteiger partial charge is 0.246 e. The average molecular weight is 876 g/mol. The number of phenols is 1. The fraction of sp³-hybridized carbons (Fsp3) is 0.200. The summed E-state index contributed by atoms with van der Waals surface area (Å²) in [6.07, 6.45) is 2.47. The first-order valence-electron chi connectivity index (χ1n) is 18.4. The Kier molecular flexibility index (Phi) is 9.00. The number of benzene rings is 5. The number of amides is 4. The van der Waals surface area contributed by atoms with Gasteiger partial charge in [-0.05, 0) is 119 Å². The molecule has 5 aromatic rings. The molecule has 2 N–H and O–H groups in total. The van der Waals surface area contributed by atoms with Crippen LogP contribution in [0.2, 0.25) is 5.02 Å². The van der Waals surface area contributed by atoms with E-state index in [-0.39, 0.29) is 36.2 Å². The molecule has 2 heterocycles. The fourth-order valence-corrected chi connectivity index (χ4v) is 10.5. The van der Waals surface area contributed by atoms with E-state index in [0.717, 1.165) is 16.9 Å². The molecule has 11 heteroatoms. The minimum atomic E-state index is -1.45. The Balaban J connectivity index is 1.19. The molecule has 0 radical (unpaired) electrons. The third-order valence-electron chi connectivity index (χ3n) is 12.0. The number of aromatic hydroxyl groups is 1. The van der Waals surface area contributed by atoms with Gasteiger partial charge in [0, 0.05) is 22.3 Å². The fourth-order valence-electron chi connectivity index (χ4n) is 9.67. The molecule has 0 aromatic heterocycles. The van der Waals surface area contributed by atoms with E-state index in [2.05, 4.69) is 5.32 Å². The second-order valence-electron chi connectivity index (χ2n) is 14.7. The maximum absolute atomic E-state index is 15.5. The van der Waals surface area contributed by atoms with Crippen molar-refractivity contribution in [2.24, 2.45) is 23.7 Å². The van der Waals surface area contributed by atoms with E-state index < -0.39 is 46.8 Å². The number of fused-ring (bicyclic) bond motifs is 4. The molecule has 2 saturated heterocycles. The molecule has 2 aliphatic carbocycles. The lowest BCUT2D eigenvalue weighted by atomic mass is 9.49. The van der Waals surface area contributed by atoms with Gasteiger partial charge in [-0.3, -0.25) is 24.1 Å². The van der Waals surface area contributed by atoms with Gasteiger partial charge in [0.15, 0.2) is 11.5 Å². The number of nitrogens with one attached hydrogen (secondary N) is 1. The lowest BCUT2D eigenvalue weighted by molar-refractivity contribution is -0.127. The summed E-state index contributed by atoms with van der Waals surface area (Å²) in [6.45, 7) is 0. The van der Waals surface area contributed by atoms with E-state index in [4.69, 9.17) is 16.3 Å². The number of ether oxygens (including phenoxy) is 1. The highest BCUT2D eigenvalue weighted by Crippen LogP contribution is 2.65. The number of nitrogens with zero attached hydrogens (tertiary/aromatic N) is 2. The third kappa shape index (κ3) is 5.48. The molecule has 0 unspecified atom stereocenters. The van der Waals surface area contributed by atoms with Crippen molar-refractivity contribution >= 4 is 80.6 Å². The summed E-state index contributed by atoms with van der Waals surface area (Å²) in [4.78, 5) is 62.1. The van der Waals surface area contributed by atoms with Gasteiger partial charge in [-0.25, -0.2) is 4.90 Å². The maximum atomic E-state index is 15.5. The van der Waals surface area contributed by atoms with E-state index in [1.54, 1.807) is 42.5 Å². The second kappa shape index (κ2) is 13.9. The predicted molar refractivity (Wildman–Crippen MR) is 222 cm³/mol. The molecule has 3 fully saturated rings. The van der Waals surface area contributed by atoms with Crippen LogP contribution < -0.4 is 19.9 Å². The van der Waals surface area contributed by atoms with Gasteiger partial charge < -0.3 is 15.2 Å². The number of carbonyl (C=O) groups excluding carboxylic acids is 4. The van der Waals surface area contributed by atoms with E-state index in [1.165, 1.54) is 16.9 Å². The molecule has 5 aromatic carbocycles. The van der Waals surface area contributed by atoms with Gasteiger partial charge in [-0.2, -0.15) is 0 Å². The zero-order valence-corrected chi connectivity index (χ0v) is 33.0. The number of hydrogen-bond donors (Lipinski definition) is 2. The van der Waals surface area contributed by atoms with Crippen LogP contribution >= 0.6 is 34.2 Å². The Bertz CT molecular complexity index is 2460. The molecule has 1 saturated carbocycles. The molecule has 280 valence electrons. The third-order valence-corrected chi connectivity index (χ3v) is 13.0. The average Bonchev–Trinajstić information content (AvgIpc) is 3.60. The number of halogens is 2. The van der Waals surface area contributed by atoms with Crippen LogP contribution in [0.25, 0.3) is 0 Å². The van der Waals surface area contributed by atoms with Gasteiger partial charge in [0.2, 0.25) is 23.6 Å². The first-order chi connectivity index (χ1) is 27.1. The highest BCUT2D eigenvalue weighted by atomic mass is 127. The number of carbonyl (C=O) groups is 4. The monoisotopic (exact) mass is 875 g/mol. The summed E-state index contributed by atoms with van der Waals surface area (Å²) < 4.78 is 6.14. The Labute approximate surface area is 342 Å². The van der Waals surface area contributed by atoms with Crippen LogP contribution in [0.5, 0.6) is 11.5 Å². The number of imide groups is 2. The number of phenolic OH excluding ortho intramolecular Hbond substituents is 1. The minimum Gasteiger partial charge on any atom is -0.504 e. The highest BCUT2D eigenvalue weighted by Gasteiger charge is 2.70. The van der Waals surface area contributed by atoms with E-state index in [9.17, 15) is 14.7 Å². The molecule has 9 rings (SSSR count). The zero-order chi connectivity index (χ0) is 38.9. The van der Waals surface area contributed by atoms with Crippen molar-refractivity contribution in [3.8, 4) is 11.5 Å². The van der Waals surface area contributed by atoms with Crippen LogP contribution in [0, 0.1) is 27.2 Å². The summed E-state index contributed by atoms with van der Waals surface area (Å²) in [5.41, 5.74) is 3.21. The van der Waals surface area contributed by atoms with Crippen molar-refractivity contribution in [2.45, 2.75) is 24.2 Å². The summed E-state index contributed by atoms with van der Waals surface area (Å²) >= 11 is 8.48. The highest BCUT2D eigenvalue weighted by molar-refractivity contribution is 14.1. The van der Waals surface area contributed by atoms with Gasteiger partial charge >= 0.3 is 0 Å². The van der Waals surface area contributed by atoms with Crippen molar-refractivity contribution < 1.29 is 29.0 Å². The van der Waals surface area contributed by atoms with Crippen molar-refractivity contribution in [3.05, 3.63) is 153 Å². The molecular formula is C45H35ClIN3O6. The number of allylic oxidation sites excluding steroid dienone is 2. The SMILES string of the molecule is COc1cc([C@H]2C3=CC[C@@H]4C(=O)N(c5ccc(Nc6ccccc6)cc5)C(=O)[C@@H]4[C@@H]3C[C@H]3C(=O)N(c4cccc(Cl)c4)C(=O)[C@@]23c2ccccc2)cc(I)c1O. The van der Waals surface area contributed by atoms with Gasteiger partial charge in [0.05, 0.1) is 45.2 Å². The number of methoxy groups -OCH3 is 1. The molecular weight excluding hydrogens is 841 g/mol. The summed E-state index contributed by atoms with van der Waals surface area (Å²) in [7, 11) is 1.46. The predicted octanol–water partition coefficient (Wildman–Crippen LogP) is 8.77. The standard InChI is InChI=1S/C45H35ClIN3O6/c1-56-37-22-25(21-36(47)40(37)51)39-32-19-20-33-38(43(54)49(41(33)52)30-17-15-29(16-18-30)48-28-12-6-3-7-13-28)34(32)24-35-42(53)50(31-14-8-11-27(46)23-31)44(55)45(35,39)26-9-4-2-5-10-26/h2-19,21-23,33-35,38-39,48,51H,20,24H2,1H3/t33-,34+,35-,38-,39-,45+/m0/s1. The Morgan fingerprint density at radius 1 is 0.768 bits per heavy atom. The van der Waals surface area contributed by atoms with Crippen LogP contribution in [-0.4, -0.2) is 35.8 Å². The van der Waals surface area contributed by atoms with E-state index in [1.807, 2.05) is 108 Å². The quantitative estimate of drug-likeness (QED) is 0.0955. The molecule has 4 aliphatic rings. The Morgan fingerprint density at radius 3 is 2.16 bits per heavy atom. The number of para-hydroxylation sites is 1. The van der Waals surface area contributed by atoms with E-state index >= 15 is 9.59 Å². The van der Waals surface area contributed by atoms with Crippen molar-refractivity contribution in [1.82, 2.24) is 0 Å². The number of anilines is 4. The molecule has 0 bridgehead atoms. The van der Waals surface area contributed by atoms with Crippen molar-refractivity contribution in [1.29, 1.82) is 0 Å². The minimum absolute atomic E-state index is 0.0428. The van der Waals surface area contributed by atoms with Crippen LogP contribution in [0.15, 0.2) is 133 Å². The van der Waals surface area contributed by atoms with Crippen LogP contribution in [-0.2, 0) is 24.6 Å². The second-order valence-corrected chi connectivity index (χ2v) is 16.3. The first-order valence-corrected chi connectivity index (χ1v) is 19.8. The van der Waals surface area contributed by atoms with Crippen LogP contribution in [0.3, 0.4) is 0 Å². The summed E-state index contributed by atoms with van der Waals surface area (Å²) in [6, 6.07) is 36.5. The van der Waals surface area contributed by atoms with Crippen molar-refractivity contribution in [3.63, 3.8) is 0 Å². The largest absolute Gasteiger partial charge is 0.504 e. The first kappa shape index (κ1) is 36.2. The Morgan fingerprint density at radius 2 is 1.46 bits per heavy atom. The topological polar surface area (TPSA) is 116 Å². The lowest BCUT2D eigenvalue weighted by Crippen LogP contribution is -2.53. The molecule has 2 aliphatic heterocycles. The molecule has 9 nitrogen and oxygen atoms in total. The van der Waals surface area contributed by atoms with Gasteiger partial charge in [0.25, 0.3) is 0 Å². The maximum Gasteiger partial charge on any atom is 0.246 e. The number of rotatable bonds is 7. The molecule has 56 heavy (non-hydrogen) atoms. The summed E-state index contributed by atoms with van der Waals surface area (Å²) in [5, 5.41) is 14.7. The van der Waals surface area contributed by atoms with Crippen LogP contribution in [0.1, 0.15) is 29.9 Å². The van der Waals surface area contributed by atoms with Gasteiger partial charge in [-0.1, -0.05) is 77.8 Å². The van der Waals surface area contributed by atoms with Crippen molar-refractivity contribution in [2.75, 3.05) is 22.2 Å². The lowest BCUT2D eigenvalue weighted by Gasteiger charge is -2.50. The van der Waals surface area contributed by atoms with E-state index in [0.29, 0.717) is 31.1 Å². The number of hydrogen-bond acceptors (Lipinski definition) is 7. The summed E-state index contributed by atoms with van der Waals surface area (Å²) in [5.74, 6) is -4.88. The Hall–Kier alpha value is -5.46. The molecule has 4 amide bonds. The van der Waals surface area contributed by atoms with Gasteiger partial charge in [-0.15, -0.1) is 0 Å². The van der Waals surface area contributed by atoms with Gasteiger partial charge in [0.1, 0.15) is 0 Å². The molecule has 0 spiro atoms. The van der Waals surface area contributed by atoms with Crippen LogP contribution in [0.4, 0.5) is 22.7 Å².